The van der Waals surface area contributed by atoms with E-state index in [0.29, 0.717) is 18.2 Å². The molecule has 2 N–H and O–H groups in total. The molecule has 2 aliphatic heterocycles. The Bertz CT molecular complexity index is 1510. The maximum absolute atomic E-state index is 12.6. The summed E-state index contributed by atoms with van der Waals surface area (Å²) in [5.74, 6) is 1.61. The number of phenols is 2. The molecule has 206 valence electrons. The van der Waals surface area contributed by atoms with E-state index in [1.165, 1.54) is 18.6 Å². The number of aromatic hydroxyl groups is 2. The number of likely N-dealkylation sites (tertiary alicyclic amines) is 1. The van der Waals surface area contributed by atoms with Crippen LogP contribution in [0, 0.1) is 5.92 Å². The molecule has 0 aromatic heterocycles. The van der Waals surface area contributed by atoms with Crippen LogP contribution in [0.2, 0.25) is 0 Å². The highest BCUT2D eigenvalue weighted by Crippen LogP contribution is 2.50. The van der Waals surface area contributed by atoms with Gasteiger partial charge in [-0.05, 0) is 79.8 Å². The summed E-state index contributed by atoms with van der Waals surface area (Å²) in [6.07, 6.45) is 1.67. The number of hydrogen-bond acceptors (Lipinski definition) is 7. The molecule has 0 aliphatic carbocycles. The molecule has 2 aliphatic rings. The van der Waals surface area contributed by atoms with E-state index in [4.69, 9.17) is 9.47 Å². The van der Waals surface area contributed by atoms with Crippen molar-refractivity contribution in [1.29, 1.82) is 0 Å². The van der Waals surface area contributed by atoms with E-state index in [1.54, 1.807) is 18.2 Å². The molecule has 3 aromatic rings. The van der Waals surface area contributed by atoms with Crippen LogP contribution >= 0.6 is 0 Å². The Morgan fingerprint density at radius 3 is 2.46 bits per heavy atom. The molecule has 7 nitrogen and oxygen atoms in total. The van der Waals surface area contributed by atoms with Crippen molar-refractivity contribution in [2.75, 3.05) is 26.0 Å². The van der Waals surface area contributed by atoms with Gasteiger partial charge in [0.15, 0.2) is 9.84 Å². The van der Waals surface area contributed by atoms with Crippen LogP contribution < -0.4 is 9.47 Å². The molecule has 0 saturated carbocycles. The van der Waals surface area contributed by atoms with E-state index < -0.39 is 15.9 Å². The Balaban J connectivity index is 1.50. The Morgan fingerprint density at radius 2 is 1.82 bits per heavy atom. The molecule has 3 unspecified atom stereocenters. The first-order valence-electron chi connectivity index (χ1n) is 13.2. The molecule has 3 aromatic carbocycles. The van der Waals surface area contributed by atoms with Crippen LogP contribution in [0.5, 0.6) is 23.0 Å². The predicted molar refractivity (Wildman–Crippen MR) is 152 cm³/mol. The largest absolute Gasteiger partial charge is 0.508 e. The summed E-state index contributed by atoms with van der Waals surface area (Å²) in [5, 5.41) is 20.5. The molecule has 1 saturated heterocycles. The van der Waals surface area contributed by atoms with Gasteiger partial charge in [0.1, 0.15) is 40.6 Å². The first-order valence-corrected chi connectivity index (χ1v) is 15.1. The number of sulfone groups is 1. The summed E-state index contributed by atoms with van der Waals surface area (Å²) in [6, 6.07) is 17.6. The third-order valence-electron chi connectivity index (χ3n) is 7.65. The molecule has 0 spiro atoms. The quantitative estimate of drug-likeness (QED) is 0.392. The lowest BCUT2D eigenvalue weighted by molar-refractivity contribution is 0.169. The third-order valence-corrected chi connectivity index (χ3v) is 8.76. The molecular weight excluding hydrogens is 514 g/mol. The van der Waals surface area contributed by atoms with Gasteiger partial charge >= 0.3 is 0 Å². The van der Waals surface area contributed by atoms with Gasteiger partial charge in [-0.3, -0.25) is 4.90 Å². The second kappa shape index (κ2) is 10.6. The van der Waals surface area contributed by atoms with Gasteiger partial charge < -0.3 is 19.7 Å². The lowest BCUT2D eigenvalue weighted by atomic mass is 9.86. The first kappa shape index (κ1) is 27.1. The topological polar surface area (TPSA) is 96.3 Å². The van der Waals surface area contributed by atoms with Crippen molar-refractivity contribution < 1.29 is 28.1 Å². The number of nitrogens with zero attached hydrogens (tertiary/aromatic N) is 1. The van der Waals surface area contributed by atoms with Crippen molar-refractivity contribution >= 4 is 21.0 Å². The fourth-order valence-corrected chi connectivity index (χ4v) is 6.32. The fraction of sp³-hybridized carbons (Fsp3) is 0.355. The minimum absolute atomic E-state index is 0.0676. The fourth-order valence-electron chi connectivity index (χ4n) is 5.49. The summed E-state index contributed by atoms with van der Waals surface area (Å²) < 4.78 is 37.8. The molecule has 8 heteroatoms. The van der Waals surface area contributed by atoms with E-state index >= 15 is 0 Å². The maximum atomic E-state index is 12.6. The molecule has 39 heavy (non-hydrogen) atoms. The number of hydrogen-bond donors (Lipinski definition) is 2. The average Bonchev–Trinajstić information content (AvgIpc) is 3.33. The molecular formula is C31H35NO6S. The van der Waals surface area contributed by atoms with Crippen molar-refractivity contribution in [1.82, 2.24) is 4.90 Å². The van der Waals surface area contributed by atoms with E-state index in [9.17, 15) is 18.6 Å². The monoisotopic (exact) mass is 549 g/mol. The minimum Gasteiger partial charge on any atom is -0.508 e. The highest BCUT2D eigenvalue weighted by Gasteiger charge is 2.33. The number of rotatable bonds is 7. The van der Waals surface area contributed by atoms with Crippen LogP contribution in [0.25, 0.3) is 11.1 Å². The summed E-state index contributed by atoms with van der Waals surface area (Å²) in [5.41, 5.74) is 3.56. The zero-order chi connectivity index (χ0) is 27.9. The first-order chi connectivity index (χ1) is 18.5. The highest BCUT2D eigenvalue weighted by atomic mass is 32.2. The van der Waals surface area contributed by atoms with Gasteiger partial charge in [-0.1, -0.05) is 31.2 Å². The number of ether oxygens (including phenoxy) is 2. The molecule has 2 heterocycles. The lowest BCUT2D eigenvalue weighted by Crippen LogP contribution is -2.35. The molecule has 0 bridgehead atoms. The third kappa shape index (κ3) is 5.63. The smallest absolute Gasteiger partial charge is 0.179 e. The molecule has 0 amide bonds. The van der Waals surface area contributed by atoms with Crippen LogP contribution in [0.4, 0.5) is 0 Å². The minimum atomic E-state index is -3.69. The number of fused-ring (bicyclic) bond motifs is 1. The predicted octanol–water partition coefficient (Wildman–Crippen LogP) is 5.67. The average molecular weight is 550 g/mol. The van der Waals surface area contributed by atoms with Gasteiger partial charge in [0.25, 0.3) is 0 Å². The highest BCUT2D eigenvalue weighted by molar-refractivity contribution is 7.90. The number of benzene rings is 3. The van der Waals surface area contributed by atoms with Crippen molar-refractivity contribution in [3.8, 4) is 23.0 Å². The number of phenolic OH excluding ortho intramolecular Hbond substituents is 2. The number of allylic oxidation sites excluding steroid dienone is 1. The summed E-state index contributed by atoms with van der Waals surface area (Å²) in [7, 11) is -3.69. The van der Waals surface area contributed by atoms with Gasteiger partial charge in [0.2, 0.25) is 0 Å². The van der Waals surface area contributed by atoms with Gasteiger partial charge in [-0.25, -0.2) is 8.42 Å². The van der Waals surface area contributed by atoms with Crippen molar-refractivity contribution in [2.24, 2.45) is 5.92 Å². The van der Waals surface area contributed by atoms with E-state index in [0.717, 1.165) is 53.3 Å². The van der Waals surface area contributed by atoms with Crippen molar-refractivity contribution in [2.45, 2.75) is 44.2 Å². The van der Waals surface area contributed by atoms with E-state index in [1.807, 2.05) is 37.3 Å². The zero-order valence-corrected chi connectivity index (χ0v) is 23.5. The van der Waals surface area contributed by atoms with Gasteiger partial charge in [-0.15, -0.1) is 0 Å². The maximum Gasteiger partial charge on any atom is 0.179 e. The molecule has 0 radical (unpaired) electrons. The van der Waals surface area contributed by atoms with Gasteiger partial charge in [0, 0.05) is 36.0 Å². The Morgan fingerprint density at radius 1 is 1.08 bits per heavy atom. The van der Waals surface area contributed by atoms with Crippen molar-refractivity contribution in [3.63, 3.8) is 0 Å². The summed E-state index contributed by atoms with van der Waals surface area (Å²) in [6.45, 7) is 9.13. The van der Waals surface area contributed by atoms with Gasteiger partial charge in [-0.2, -0.15) is 0 Å². The van der Waals surface area contributed by atoms with E-state index in [-0.39, 0.29) is 22.1 Å². The molecule has 3 atom stereocenters. The van der Waals surface area contributed by atoms with Crippen LogP contribution in [-0.4, -0.2) is 55.5 Å². The van der Waals surface area contributed by atoms with Crippen LogP contribution in [-0.2, 0) is 9.84 Å². The molecule has 5 rings (SSSR count). The lowest BCUT2D eigenvalue weighted by Gasteiger charge is -2.32. The SMILES string of the molecule is CC1=C(c2cccc(O)c2)C(c2ccc(OCC(C)N3CCC(C)C3)cc2)Oc2c1cc(O)cc2S(C)(=O)=O. The van der Waals surface area contributed by atoms with Crippen LogP contribution in [0.1, 0.15) is 50.0 Å². The molecule has 1 fully saturated rings. The van der Waals surface area contributed by atoms with Crippen molar-refractivity contribution in [3.05, 3.63) is 77.4 Å². The zero-order valence-electron chi connectivity index (χ0n) is 22.7. The summed E-state index contributed by atoms with van der Waals surface area (Å²) >= 11 is 0. The Hall–Kier alpha value is -3.49. The van der Waals surface area contributed by atoms with E-state index in [2.05, 4.69) is 18.7 Å². The Kier molecular flexibility index (Phi) is 7.35. The normalized spacial score (nSPS) is 20.4. The standard InChI is InChI=1S/C31H35NO6S/c1-19-12-13-32(17-19)20(2)18-37-26-10-8-22(9-11-26)30-29(23-6-5-7-24(33)14-23)21(3)27-15-25(34)16-28(31(27)38-30)39(4,35)36/h5-11,14-16,19-20,30,33-34H,12-13,17-18H2,1-4H3. The van der Waals surface area contributed by atoms with Crippen LogP contribution in [0.15, 0.2) is 65.6 Å². The van der Waals surface area contributed by atoms with Gasteiger partial charge in [0.05, 0.1) is 0 Å². The Labute approximate surface area is 230 Å². The second-order valence-electron chi connectivity index (χ2n) is 10.8. The second-order valence-corrected chi connectivity index (χ2v) is 12.8. The van der Waals surface area contributed by atoms with Crippen LogP contribution in [0.3, 0.4) is 0 Å². The summed E-state index contributed by atoms with van der Waals surface area (Å²) in [4.78, 5) is 2.39.